The number of nitrogens with one attached hydrogen (secondary N) is 1. The predicted molar refractivity (Wildman–Crippen MR) is 78.9 cm³/mol. The van der Waals surface area contributed by atoms with Gasteiger partial charge in [0.2, 0.25) is 5.91 Å². The number of anilines is 1. The molecule has 0 spiro atoms. The monoisotopic (exact) mass is 289 g/mol. The van der Waals surface area contributed by atoms with Gasteiger partial charge in [0, 0.05) is 5.69 Å². The SMILES string of the molecule is CCC(N)c1cn(CC(=O)Nc2ccc(OC)cc2)nn1. The van der Waals surface area contributed by atoms with Gasteiger partial charge < -0.3 is 15.8 Å². The molecule has 1 atom stereocenters. The highest BCUT2D eigenvalue weighted by atomic mass is 16.5. The van der Waals surface area contributed by atoms with E-state index in [2.05, 4.69) is 15.6 Å². The summed E-state index contributed by atoms with van der Waals surface area (Å²) < 4.78 is 6.53. The first-order valence-electron chi connectivity index (χ1n) is 6.72. The van der Waals surface area contributed by atoms with Gasteiger partial charge in [-0.25, -0.2) is 4.68 Å². The fourth-order valence-electron chi connectivity index (χ4n) is 1.79. The maximum absolute atomic E-state index is 11.9. The average Bonchev–Trinajstić information content (AvgIpc) is 2.95. The number of rotatable bonds is 6. The van der Waals surface area contributed by atoms with Crippen LogP contribution < -0.4 is 15.8 Å². The molecule has 2 rings (SSSR count). The smallest absolute Gasteiger partial charge is 0.246 e. The molecule has 0 radical (unpaired) electrons. The lowest BCUT2D eigenvalue weighted by molar-refractivity contribution is -0.116. The van der Waals surface area contributed by atoms with Crippen molar-refractivity contribution in [2.75, 3.05) is 12.4 Å². The third-order valence-corrected chi connectivity index (χ3v) is 3.06. The highest BCUT2D eigenvalue weighted by Gasteiger charge is 2.10. The van der Waals surface area contributed by atoms with Gasteiger partial charge >= 0.3 is 0 Å². The first-order chi connectivity index (χ1) is 10.1. The number of nitrogens with zero attached hydrogens (tertiary/aromatic N) is 3. The molecule has 7 nitrogen and oxygen atoms in total. The Hall–Kier alpha value is -2.41. The van der Waals surface area contributed by atoms with Crippen molar-refractivity contribution >= 4 is 11.6 Å². The lowest BCUT2D eigenvalue weighted by Crippen LogP contribution is -2.19. The van der Waals surface area contributed by atoms with Crippen molar-refractivity contribution in [3.05, 3.63) is 36.2 Å². The second-order valence-electron chi connectivity index (χ2n) is 4.63. The van der Waals surface area contributed by atoms with E-state index in [-0.39, 0.29) is 18.5 Å². The maximum Gasteiger partial charge on any atom is 0.246 e. The van der Waals surface area contributed by atoms with Crippen LogP contribution in [-0.2, 0) is 11.3 Å². The van der Waals surface area contributed by atoms with Gasteiger partial charge in [0.15, 0.2) is 0 Å². The summed E-state index contributed by atoms with van der Waals surface area (Å²) in [6, 6.07) is 6.96. The topological polar surface area (TPSA) is 95.1 Å². The van der Waals surface area contributed by atoms with Crippen molar-refractivity contribution in [1.82, 2.24) is 15.0 Å². The van der Waals surface area contributed by atoms with Crippen LogP contribution in [0.5, 0.6) is 5.75 Å². The van der Waals surface area contributed by atoms with Crippen LogP contribution in [0.15, 0.2) is 30.5 Å². The van der Waals surface area contributed by atoms with E-state index in [0.29, 0.717) is 11.4 Å². The summed E-state index contributed by atoms with van der Waals surface area (Å²) in [5, 5.41) is 10.6. The predicted octanol–water partition coefficient (Wildman–Crippen LogP) is 1.34. The van der Waals surface area contributed by atoms with Gasteiger partial charge in [0.05, 0.1) is 25.0 Å². The molecule has 0 saturated carbocycles. The summed E-state index contributed by atoms with van der Waals surface area (Å²) in [7, 11) is 1.59. The Kier molecular flexibility index (Phi) is 4.89. The van der Waals surface area contributed by atoms with Crippen LogP contribution in [0.4, 0.5) is 5.69 Å². The molecule has 0 aliphatic rings. The van der Waals surface area contributed by atoms with E-state index >= 15 is 0 Å². The van der Waals surface area contributed by atoms with Gasteiger partial charge in [-0.15, -0.1) is 5.10 Å². The van der Waals surface area contributed by atoms with E-state index in [1.807, 2.05) is 6.92 Å². The number of amides is 1. The van der Waals surface area contributed by atoms with Crippen LogP contribution in [0.3, 0.4) is 0 Å². The quantitative estimate of drug-likeness (QED) is 0.836. The minimum atomic E-state index is -0.179. The van der Waals surface area contributed by atoms with Crippen LogP contribution in [-0.4, -0.2) is 28.0 Å². The van der Waals surface area contributed by atoms with Gasteiger partial charge in [-0.05, 0) is 30.7 Å². The molecule has 0 saturated heterocycles. The third-order valence-electron chi connectivity index (χ3n) is 3.06. The molecule has 7 heteroatoms. The van der Waals surface area contributed by atoms with Crippen LogP contribution in [0.2, 0.25) is 0 Å². The highest BCUT2D eigenvalue weighted by molar-refractivity contribution is 5.90. The Morgan fingerprint density at radius 2 is 2.14 bits per heavy atom. The van der Waals surface area contributed by atoms with Crippen LogP contribution in [0.25, 0.3) is 0 Å². The summed E-state index contributed by atoms with van der Waals surface area (Å²) in [4.78, 5) is 11.9. The molecule has 0 fully saturated rings. The van der Waals surface area contributed by atoms with Gasteiger partial charge in [-0.3, -0.25) is 4.79 Å². The second-order valence-corrected chi connectivity index (χ2v) is 4.63. The fourth-order valence-corrected chi connectivity index (χ4v) is 1.79. The highest BCUT2D eigenvalue weighted by Crippen LogP contribution is 2.15. The standard InChI is InChI=1S/C14H19N5O2/c1-3-12(15)13-8-19(18-17-13)9-14(20)16-10-4-6-11(21-2)7-5-10/h4-8,12H,3,9,15H2,1-2H3,(H,16,20). The van der Waals surface area contributed by atoms with Crippen LogP contribution in [0.1, 0.15) is 25.1 Å². The first-order valence-corrected chi connectivity index (χ1v) is 6.72. The van der Waals surface area contributed by atoms with Crippen molar-refractivity contribution in [2.45, 2.75) is 25.9 Å². The largest absolute Gasteiger partial charge is 0.497 e. The molecule has 112 valence electrons. The lowest BCUT2D eigenvalue weighted by Gasteiger charge is -2.06. The van der Waals surface area contributed by atoms with E-state index in [0.717, 1.165) is 12.2 Å². The van der Waals surface area contributed by atoms with Crippen molar-refractivity contribution in [1.29, 1.82) is 0 Å². The zero-order valence-corrected chi connectivity index (χ0v) is 12.1. The molecule has 1 aromatic heterocycles. The molecule has 1 aromatic carbocycles. The fraction of sp³-hybridized carbons (Fsp3) is 0.357. The Morgan fingerprint density at radius 1 is 1.43 bits per heavy atom. The van der Waals surface area contributed by atoms with Gasteiger partial charge in [0.1, 0.15) is 12.3 Å². The van der Waals surface area contributed by atoms with Crippen LogP contribution >= 0.6 is 0 Å². The molecule has 0 aliphatic carbocycles. The molecule has 21 heavy (non-hydrogen) atoms. The molecule has 3 N–H and O–H groups in total. The molecule has 1 heterocycles. The number of benzene rings is 1. The van der Waals surface area contributed by atoms with Crippen molar-refractivity contribution in [2.24, 2.45) is 5.73 Å². The molecular formula is C14H19N5O2. The maximum atomic E-state index is 11.9. The zero-order valence-electron chi connectivity index (χ0n) is 12.1. The van der Waals surface area contributed by atoms with E-state index in [1.54, 1.807) is 37.6 Å². The number of carbonyl (C=O) groups is 1. The molecular weight excluding hydrogens is 270 g/mol. The minimum Gasteiger partial charge on any atom is -0.497 e. The number of methoxy groups -OCH3 is 1. The second kappa shape index (κ2) is 6.85. The first kappa shape index (κ1) is 15.0. The van der Waals surface area contributed by atoms with E-state index in [1.165, 1.54) is 4.68 Å². The van der Waals surface area contributed by atoms with E-state index in [9.17, 15) is 4.79 Å². The molecule has 1 unspecified atom stereocenters. The van der Waals surface area contributed by atoms with Gasteiger partial charge in [-0.2, -0.15) is 0 Å². The minimum absolute atomic E-state index is 0.0927. The summed E-state index contributed by atoms with van der Waals surface area (Å²) in [5.74, 6) is 0.559. The summed E-state index contributed by atoms with van der Waals surface area (Å²) in [5.41, 5.74) is 7.25. The van der Waals surface area contributed by atoms with E-state index < -0.39 is 0 Å². The van der Waals surface area contributed by atoms with Gasteiger partial charge in [0.25, 0.3) is 0 Å². The lowest BCUT2D eigenvalue weighted by atomic mass is 10.2. The Balaban J connectivity index is 1.93. The molecule has 1 amide bonds. The zero-order chi connectivity index (χ0) is 15.2. The molecule has 0 bridgehead atoms. The number of hydrogen-bond acceptors (Lipinski definition) is 5. The number of carbonyl (C=O) groups excluding carboxylic acids is 1. The normalized spacial score (nSPS) is 12.0. The Labute approximate surface area is 123 Å². The van der Waals surface area contributed by atoms with Crippen molar-refractivity contribution in [3.63, 3.8) is 0 Å². The van der Waals surface area contributed by atoms with Crippen LogP contribution in [0, 0.1) is 0 Å². The van der Waals surface area contributed by atoms with Crippen molar-refractivity contribution in [3.8, 4) is 5.75 Å². The summed E-state index contributed by atoms with van der Waals surface area (Å²) in [6.07, 6.45) is 2.47. The third kappa shape index (κ3) is 4.03. The molecule has 0 aliphatic heterocycles. The van der Waals surface area contributed by atoms with E-state index in [4.69, 9.17) is 10.5 Å². The number of hydrogen-bond donors (Lipinski definition) is 2. The Morgan fingerprint density at radius 3 is 2.76 bits per heavy atom. The molecule has 2 aromatic rings. The number of ether oxygens (including phenoxy) is 1. The number of nitrogens with two attached hydrogens (primary N) is 1. The average molecular weight is 289 g/mol. The summed E-state index contributed by atoms with van der Waals surface area (Å²) >= 11 is 0. The van der Waals surface area contributed by atoms with Gasteiger partial charge in [-0.1, -0.05) is 12.1 Å². The van der Waals surface area contributed by atoms with Crippen molar-refractivity contribution < 1.29 is 9.53 Å². The Bertz CT molecular complexity index is 594. The number of aromatic nitrogens is 3. The summed E-state index contributed by atoms with van der Waals surface area (Å²) in [6.45, 7) is 2.07.